The Kier molecular flexibility index (Phi) is 3.03. The van der Waals surface area contributed by atoms with Crippen LogP contribution in [0.3, 0.4) is 0 Å². The first kappa shape index (κ1) is 11.9. The van der Waals surface area contributed by atoms with Gasteiger partial charge in [-0.05, 0) is 26.0 Å². The van der Waals surface area contributed by atoms with Crippen molar-refractivity contribution < 1.29 is 0 Å². The number of fused-ring (bicyclic) bond motifs is 1. The Hall–Kier alpha value is -1.61. The summed E-state index contributed by atoms with van der Waals surface area (Å²) in [4.78, 5) is 6.59. The third-order valence-electron chi connectivity index (χ3n) is 3.39. The van der Waals surface area contributed by atoms with Crippen LogP contribution in [0.2, 0.25) is 0 Å². The Morgan fingerprint density at radius 1 is 1.24 bits per heavy atom. The summed E-state index contributed by atoms with van der Waals surface area (Å²) >= 11 is 0. The molecule has 2 rings (SSSR count). The predicted octanol–water partition coefficient (Wildman–Crippen LogP) is 2.41. The lowest BCUT2D eigenvalue weighted by molar-refractivity contribution is 0.499. The summed E-state index contributed by atoms with van der Waals surface area (Å²) in [7, 11) is 2.08. The average Bonchev–Trinajstić information content (AvgIpc) is 2.37. The zero-order valence-corrected chi connectivity index (χ0v) is 10.6. The van der Waals surface area contributed by atoms with Crippen LogP contribution in [-0.2, 0) is 0 Å². The number of aromatic nitrogens is 1. The van der Waals surface area contributed by atoms with Gasteiger partial charge in [0, 0.05) is 36.4 Å². The molecule has 1 heterocycles. The van der Waals surface area contributed by atoms with Crippen LogP contribution >= 0.6 is 0 Å². The lowest BCUT2D eigenvalue weighted by Gasteiger charge is -2.37. The van der Waals surface area contributed by atoms with Crippen LogP contribution in [-0.4, -0.2) is 24.1 Å². The van der Waals surface area contributed by atoms with Crippen molar-refractivity contribution in [3.05, 3.63) is 36.5 Å². The van der Waals surface area contributed by atoms with Gasteiger partial charge in [-0.2, -0.15) is 0 Å². The SMILES string of the molecule is CN(c1ccnc2ccccc12)C(C)(C)CN. The fourth-order valence-electron chi connectivity index (χ4n) is 1.84. The van der Waals surface area contributed by atoms with E-state index in [9.17, 15) is 0 Å². The molecule has 0 aliphatic rings. The lowest BCUT2D eigenvalue weighted by Crippen LogP contribution is -2.47. The molecule has 0 unspecified atom stereocenters. The number of likely N-dealkylation sites (N-methyl/N-ethyl adjacent to an activating group) is 1. The minimum absolute atomic E-state index is 0.0654. The van der Waals surface area contributed by atoms with Gasteiger partial charge in [0.25, 0.3) is 0 Å². The predicted molar refractivity (Wildman–Crippen MR) is 73.3 cm³/mol. The van der Waals surface area contributed by atoms with Gasteiger partial charge < -0.3 is 10.6 Å². The van der Waals surface area contributed by atoms with E-state index >= 15 is 0 Å². The van der Waals surface area contributed by atoms with E-state index in [2.05, 4.69) is 36.8 Å². The Balaban J connectivity index is 2.56. The van der Waals surface area contributed by atoms with E-state index in [4.69, 9.17) is 5.73 Å². The molecular weight excluding hydrogens is 210 g/mol. The first-order chi connectivity index (χ1) is 8.06. The molecule has 2 aromatic rings. The van der Waals surface area contributed by atoms with Crippen molar-refractivity contribution in [3.8, 4) is 0 Å². The fourth-order valence-corrected chi connectivity index (χ4v) is 1.84. The standard InChI is InChI=1S/C14H19N3/c1-14(2,10-15)17(3)13-8-9-16-12-7-5-4-6-11(12)13/h4-9H,10,15H2,1-3H3. The minimum Gasteiger partial charge on any atom is -0.368 e. The van der Waals surface area contributed by atoms with Gasteiger partial charge in [0.2, 0.25) is 0 Å². The summed E-state index contributed by atoms with van der Waals surface area (Å²) in [6, 6.07) is 10.2. The molecule has 1 aromatic heterocycles. The topological polar surface area (TPSA) is 42.2 Å². The number of nitrogens with two attached hydrogens (primary N) is 1. The molecule has 0 saturated heterocycles. The first-order valence-electron chi connectivity index (χ1n) is 5.84. The Labute approximate surface area is 102 Å². The third-order valence-corrected chi connectivity index (χ3v) is 3.39. The minimum atomic E-state index is -0.0654. The van der Waals surface area contributed by atoms with Gasteiger partial charge in [0.05, 0.1) is 5.52 Å². The molecule has 0 aliphatic heterocycles. The van der Waals surface area contributed by atoms with Crippen molar-refractivity contribution in [1.82, 2.24) is 4.98 Å². The van der Waals surface area contributed by atoms with Crippen molar-refractivity contribution in [3.63, 3.8) is 0 Å². The largest absolute Gasteiger partial charge is 0.368 e. The molecule has 0 aliphatic carbocycles. The maximum atomic E-state index is 5.83. The third kappa shape index (κ3) is 2.11. The smallest absolute Gasteiger partial charge is 0.0722 e. The van der Waals surface area contributed by atoms with E-state index in [0.717, 1.165) is 5.52 Å². The Morgan fingerprint density at radius 2 is 1.94 bits per heavy atom. The van der Waals surface area contributed by atoms with Gasteiger partial charge in [-0.15, -0.1) is 0 Å². The van der Waals surface area contributed by atoms with Crippen molar-refractivity contribution in [2.24, 2.45) is 5.73 Å². The average molecular weight is 229 g/mol. The summed E-state index contributed by atoms with van der Waals surface area (Å²) in [5.41, 5.74) is 7.96. The van der Waals surface area contributed by atoms with Gasteiger partial charge in [-0.3, -0.25) is 4.98 Å². The lowest BCUT2D eigenvalue weighted by atomic mass is 10.0. The van der Waals surface area contributed by atoms with Crippen LogP contribution < -0.4 is 10.6 Å². The highest BCUT2D eigenvalue weighted by molar-refractivity contribution is 5.91. The molecule has 0 atom stereocenters. The normalized spacial score (nSPS) is 11.8. The fraction of sp³-hybridized carbons (Fsp3) is 0.357. The molecule has 3 nitrogen and oxygen atoms in total. The molecule has 2 N–H and O–H groups in total. The molecule has 90 valence electrons. The van der Waals surface area contributed by atoms with Crippen molar-refractivity contribution in [2.75, 3.05) is 18.5 Å². The van der Waals surface area contributed by atoms with E-state index in [1.807, 2.05) is 30.5 Å². The number of hydrogen-bond donors (Lipinski definition) is 1. The van der Waals surface area contributed by atoms with Gasteiger partial charge >= 0.3 is 0 Å². The molecule has 0 bridgehead atoms. The second-order valence-electron chi connectivity index (χ2n) is 4.92. The van der Waals surface area contributed by atoms with Crippen LogP contribution in [0.15, 0.2) is 36.5 Å². The molecule has 17 heavy (non-hydrogen) atoms. The van der Waals surface area contributed by atoms with Crippen molar-refractivity contribution in [2.45, 2.75) is 19.4 Å². The molecule has 0 fully saturated rings. The molecule has 0 radical (unpaired) electrons. The number of rotatable bonds is 3. The van der Waals surface area contributed by atoms with Gasteiger partial charge in [0.1, 0.15) is 0 Å². The number of para-hydroxylation sites is 1. The van der Waals surface area contributed by atoms with E-state index in [1.54, 1.807) is 0 Å². The monoisotopic (exact) mass is 229 g/mol. The summed E-state index contributed by atoms with van der Waals surface area (Å²) in [5.74, 6) is 0. The first-order valence-corrected chi connectivity index (χ1v) is 5.84. The number of anilines is 1. The highest BCUT2D eigenvalue weighted by Crippen LogP contribution is 2.28. The van der Waals surface area contributed by atoms with Crippen LogP contribution in [0.4, 0.5) is 5.69 Å². The van der Waals surface area contributed by atoms with E-state index < -0.39 is 0 Å². The highest BCUT2D eigenvalue weighted by Gasteiger charge is 2.23. The van der Waals surface area contributed by atoms with Crippen molar-refractivity contribution >= 4 is 16.6 Å². The molecule has 3 heteroatoms. The van der Waals surface area contributed by atoms with E-state index in [1.165, 1.54) is 11.1 Å². The van der Waals surface area contributed by atoms with Crippen LogP contribution in [0.5, 0.6) is 0 Å². The van der Waals surface area contributed by atoms with Crippen LogP contribution in [0, 0.1) is 0 Å². The molecule has 0 spiro atoms. The number of pyridine rings is 1. The van der Waals surface area contributed by atoms with Crippen LogP contribution in [0.1, 0.15) is 13.8 Å². The quantitative estimate of drug-likeness (QED) is 0.878. The Bertz CT molecular complexity index is 514. The number of nitrogens with zero attached hydrogens (tertiary/aromatic N) is 2. The summed E-state index contributed by atoms with van der Waals surface area (Å²) < 4.78 is 0. The van der Waals surface area contributed by atoms with Crippen LogP contribution in [0.25, 0.3) is 10.9 Å². The maximum absolute atomic E-state index is 5.83. The highest BCUT2D eigenvalue weighted by atomic mass is 15.2. The number of benzene rings is 1. The van der Waals surface area contributed by atoms with Gasteiger partial charge in [-0.1, -0.05) is 18.2 Å². The zero-order valence-electron chi connectivity index (χ0n) is 10.6. The summed E-state index contributed by atoms with van der Waals surface area (Å²) in [5, 5.41) is 1.17. The van der Waals surface area contributed by atoms with E-state index in [0.29, 0.717) is 6.54 Å². The molecular formula is C14H19N3. The molecule has 1 aromatic carbocycles. The summed E-state index contributed by atoms with van der Waals surface area (Å²) in [6.07, 6.45) is 1.85. The summed E-state index contributed by atoms with van der Waals surface area (Å²) in [6.45, 7) is 4.89. The molecule has 0 saturated carbocycles. The van der Waals surface area contributed by atoms with E-state index in [-0.39, 0.29) is 5.54 Å². The maximum Gasteiger partial charge on any atom is 0.0722 e. The zero-order chi connectivity index (χ0) is 12.5. The van der Waals surface area contributed by atoms with Gasteiger partial charge in [0.15, 0.2) is 0 Å². The van der Waals surface area contributed by atoms with Gasteiger partial charge in [-0.25, -0.2) is 0 Å². The Morgan fingerprint density at radius 3 is 2.65 bits per heavy atom. The second-order valence-corrected chi connectivity index (χ2v) is 4.92. The van der Waals surface area contributed by atoms with Crippen molar-refractivity contribution in [1.29, 1.82) is 0 Å². The molecule has 0 amide bonds. The number of hydrogen-bond acceptors (Lipinski definition) is 3. The second kappa shape index (κ2) is 4.34.